The van der Waals surface area contributed by atoms with Crippen molar-refractivity contribution < 1.29 is 14.3 Å². The van der Waals surface area contributed by atoms with Crippen LogP contribution >= 0.6 is 0 Å². The molecule has 21 heavy (non-hydrogen) atoms. The first kappa shape index (κ1) is 13.8. The molecule has 2 unspecified atom stereocenters. The van der Waals surface area contributed by atoms with Crippen LogP contribution in [0.1, 0.15) is 37.4 Å². The van der Waals surface area contributed by atoms with Crippen LogP contribution in [0.2, 0.25) is 0 Å². The summed E-state index contributed by atoms with van der Waals surface area (Å²) in [6, 6.07) is 7.67. The zero-order valence-corrected chi connectivity index (χ0v) is 12.4. The lowest BCUT2D eigenvalue weighted by Gasteiger charge is -2.21. The lowest BCUT2D eigenvalue weighted by Crippen LogP contribution is -2.29. The van der Waals surface area contributed by atoms with Gasteiger partial charge < -0.3 is 9.64 Å². The number of rotatable bonds is 1. The first-order valence-corrected chi connectivity index (χ1v) is 7.02. The Kier molecular flexibility index (Phi) is 3.29. The molecule has 5 nitrogen and oxygen atoms in total. The molecule has 5 heteroatoms. The van der Waals surface area contributed by atoms with Crippen molar-refractivity contribution in [3.05, 3.63) is 36.0 Å². The normalized spacial score (nSPS) is 22.0. The monoisotopic (exact) mass is 286 g/mol. The van der Waals surface area contributed by atoms with Crippen LogP contribution in [-0.4, -0.2) is 33.9 Å². The maximum atomic E-state index is 11.8. The molecule has 0 bridgehead atoms. The van der Waals surface area contributed by atoms with Gasteiger partial charge in [-0.1, -0.05) is 18.2 Å². The van der Waals surface area contributed by atoms with Crippen LogP contribution in [0.3, 0.4) is 0 Å². The quantitative estimate of drug-likeness (QED) is 0.809. The lowest BCUT2D eigenvalue weighted by atomic mass is 10.1. The summed E-state index contributed by atoms with van der Waals surface area (Å²) in [5.41, 5.74) is 1.70. The number of ether oxygens (including phenoxy) is 1. The van der Waals surface area contributed by atoms with E-state index in [4.69, 9.17) is 4.74 Å². The van der Waals surface area contributed by atoms with Gasteiger partial charge in [0.05, 0.1) is 11.6 Å². The number of carbonyl (C=O) groups is 2. The largest absolute Gasteiger partial charge is 0.349 e. The Morgan fingerprint density at radius 3 is 2.57 bits per heavy atom. The number of aromatic nitrogens is 1. The lowest BCUT2D eigenvalue weighted by molar-refractivity contribution is -0.134. The third kappa shape index (κ3) is 2.23. The van der Waals surface area contributed by atoms with Crippen molar-refractivity contribution in [2.24, 2.45) is 0 Å². The molecule has 1 aliphatic heterocycles. The van der Waals surface area contributed by atoms with Crippen LogP contribution in [0.4, 0.5) is 0 Å². The molecule has 2 aromatic rings. The second-order valence-electron chi connectivity index (χ2n) is 5.46. The second kappa shape index (κ2) is 5.00. The number of para-hydroxylation sites is 1. The van der Waals surface area contributed by atoms with E-state index in [0.29, 0.717) is 6.54 Å². The van der Waals surface area contributed by atoms with Gasteiger partial charge in [-0.2, -0.15) is 0 Å². The summed E-state index contributed by atoms with van der Waals surface area (Å²) in [6.07, 6.45) is 1.34. The fourth-order valence-electron chi connectivity index (χ4n) is 2.91. The summed E-state index contributed by atoms with van der Waals surface area (Å²) in [5.74, 6) is -0.0816. The van der Waals surface area contributed by atoms with Gasteiger partial charge in [-0.15, -0.1) is 0 Å². The van der Waals surface area contributed by atoms with Gasteiger partial charge >= 0.3 is 0 Å². The Morgan fingerprint density at radius 1 is 1.19 bits per heavy atom. The van der Waals surface area contributed by atoms with Crippen LogP contribution < -0.4 is 0 Å². The van der Waals surface area contributed by atoms with Crippen LogP contribution in [-0.2, 0) is 9.53 Å². The molecule has 3 rings (SSSR count). The maximum absolute atomic E-state index is 11.8. The molecule has 1 aliphatic rings. The van der Waals surface area contributed by atoms with E-state index >= 15 is 0 Å². The number of hydrogen-bond acceptors (Lipinski definition) is 3. The van der Waals surface area contributed by atoms with E-state index in [9.17, 15) is 9.59 Å². The van der Waals surface area contributed by atoms with Crippen molar-refractivity contribution in [3.63, 3.8) is 0 Å². The van der Waals surface area contributed by atoms with Crippen molar-refractivity contribution in [2.75, 3.05) is 6.54 Å². The summed E-state index contributed by atoms with van der Waals surface area (Å²) in [5, 5.41) is 0.943. The van der Waals surface area contributed by atoms with Crippen LogP contribution in [0.15, 0.2) is 30.5 Å². The van der Waals surface area contributed by atoms with Crippen LogP contribution in [0.25, 0.3) is 10.9 Å². The minimum atomic E-state index is -0.428. The van der Waals surface area contributed by atoms with Crippen molar-refractivity contribution in [1.29, 1.82) is 0 Å². The highest BCUT2D eigenvalue weighted by molar-refractivity contribution is 5.94. The third-order valence-electron chi connectivity index (χ3n) is 3.85. The SMILES string of the molecule is CC(=O)N1CC(C)OC1c1cn(C(C)=O)c2ccccc12. The maximum Gasteiger partial charge on any atom is 0.227 e. The fourth-order valence-corrected chi connectivity index (χ4v) is 2.91. The molecule has 2 atom stereocenters. The topological polar surface area (TPSA) is 51.5 Å². The van der Waals surface area contributed by atoms with Gasteiger partial charge in [-0.25, -0.2) is 0 Å². The van der Waals surface area contributed by atoms with Gasteiger partial charge in [0.25, 0.3) is 0 Å². The summed E-state index contributed by atoms with van der Waals surface area (Å²) in [4.78, 5) is 25.3. The average molecular weight is 286 g/mol. The molecular formula is C16H18N2O3. The van der Waals surface area contributed by atoms with Crippen LogP contribution in [0, 0.1) is 0 Å². The molecule has 110 valence electrons. The van der Waals surface area contributed by atoms with Crippen LogP contribution in [0.5, 0.6) is 0 Å². The number of carbonyl (C=O) groups excluding carboxylic acids is 2. The summed E-state index contributed by atoms with van der Waals surface area (Å²) >= 11 is 0. The molecule has 2 heterocycles. The average Bonchev–Trinajstić information content (AvgIpc) is 2.99. The Balaban J connectivity index is 2.16. The zero-order chi connectivity index (χ0) is 15.1. The highest BCUT2D eigenvalue weighted by atomic mass is 16.5. The van der Waals surface area contributed by atoms with E-state index in [0.717, 1.165) is 16.5 Å². The zero-order valence-electron chi connectivity index (χ0n) is 12.4. The standard InChI is InChI=1S/C16H18N2O3/c1-10-8-18(12(3)20)16(21-10)14-9-17(11(2)19)15-7-5-4-6-13(14)15/h4-7,9-10,16H,8H2,1-3H3. The summed E-state index contributed by atoms with van der Waals surface area (Å²) in [7, 11) is 0. The predicted octanol–water partition coefficient (Wildman–Crippen LogP) is 2.57. The molecular weight excluding hydrogens is 268 g/mol. The van der Waals surface area contributed by atoms with Gasteiger partial charge in [0, 0.05) is 37.5 Å². The van der Waals surface area contributed by atoms with Crippen molar-refractivity contribution in [1.82, 2.24) is 9.47 Å². The molecule has 0 radical (unpaired) electrons. The molecule has 1 aromatic carbocycles. The van der Waals surface area contributed by atoms with Crippen molar-refractivity contribution >= 4 is 22.7 Å². The number of benzene rings is 1. The number of hydrogen-bond donors (Lipinski definition) is 0. The first-order chi connectivity index (χ1) is 9.99. The van der Waals surface area contributed by atoms with Gasteiger partial charge in [0.1, 0.15) is 0 Å². The van der Waals surface area contributed by atoms with E-state index in [-0.39, 0.29) is 17.9 Å². The molecule has 1 saturated heterocycles. The van der Waals surface area contributed by atoms with E-state index in [2.05, 4.69) is 0 Å². The minimum Gasteiger partial charge on any atom is -0.349 e. The van der Waals surface area contributed by atoms with Crippen molar-refractivity contribution in [3.8, 4) is 0 Å². The number of nitrogens with zero attached hydrogens (tertiary/aromatic N) is 2. The predicted molar refractivity (Wildman–Crippen MR) is 78.9 cm³/mol. The Labute approximate surface area is 123 Å². The van der Waals surface area contributed by atoms with Gasteiger partial charge in [-0.3, -0.25) is 14.2 Å². The van der Waals surface area contributed by atoms with Crippen molar-refractivity contribution in [2.45, 2.75) is 33.1 Å². The fraction of sp³-hybridized carbons (Fsp3) is 0.375. The molecule has 1 amide bonds. The summed E-state index contributed by atoms with van der Waals surface area (Å²) < 4.78 is 7.51. The van der Waals surface area contributed by atoms with E-state index in [1.165, 1.54) is 6.92 Å². The third-order valence-corrected chi connectivity index (χ3v) is 3.85. The Morgan fingerprint density at radius 2 is 1.90 bits per heavy atom. The van der Waals surface area contributed by atoms with E-state index < -0.39 is 6.23 Å². The first-order valence-electron chi connectivity index (χ1n) is 7.02. The van der Waals surface area contributed by atoms with E-state index in [1.807, 2.05) is 31.2 Å². The molecule has 0 aliphatic carbocycles. The smallest absolute Gasteiger partial charge is 0.227 e. The van der Waals surface area contributed by atoms with E-state index in [1.54, 1.807) is 22.6 Å². The number of fused-ring (bicyclic) bond motifs is 1. The minimum absolute atomic E-state index is 0.0154. The molecule has 0 saturated carbocycles. The van der Waals surface area contributed by atoms with Gasteiger partial charge in [0.15, 0.2) is 6.23 Å². The molecule has 1 fully saturated rings. The molecule has 0 spiro atoms. The van der Waals surface area contributed by atoms with Gasteiger partial charge in [0.2, 0.25) is 11.8 Å². The Hall–Kier alpha value is -2.14. The Bertz CT molecular complexity index is 719. The van der Waals surface area contributed by atoms with Gasteiger partial charge in [-0.05, 0) is 13.0 Å². The highest BCUT2D eigenvalue weighted by Gasteiger charge is 2.35. The second-order valence-corrected chi connectivity index (χ2v) is 5.46. The number of amides is 1. The highest BCUT2D eigenvalue weighted by Crippen LogP contribution is 2.35. The summed E-state index contributed by atoms with van der Waals surface area (Å²) in [6.45, 7) is 5.58. The molecule has 0 N–H and O–H groups in total. The molecule has 1 aromatic heterocycles.